The smallest absolute Gasteiger partial charge is 0.233 e. The van der Waals surface area contributed by atoms with Gasteiger partial charge in [-0.3, -0.25) is 0 Å². The number of methoxy groups -OCH3 is 1. The summed E-state index contributed by atoms with van der Waals surface area (Å²) >= 11 is 8.21. The summed E-state index contributed by atoms with van der Waals surface area (Å²) in [6.45, 7) is 2.02. The summed E-state index contributed by atoms with van der Waals surface area (Å²) in [5.41, 5.74) is 1.48. The van der Waals surface area contributed by atoms with Crippen molar-refractivity contribution >= 4 is 34.2 Å². The van der Waals surface area contributed by atoms with Gasteiger partial charge in [0.1, 0.15) is 10.8 Å². The fourth-order valence-electron chi connectivity index (χ4n) is 1.36. The van der Waals surface area contributed by atoms with E-state index in [0.717, 1.165) is 15.7 Å². The average Bonchev–Trinajstić information content (AvgIpc) is 2.42. The van der Waals surface area contributed by atoms with E-state index in [1.807, 2.05) is 6.92 Å². The van der Waals surface area contributed by atoms with Crippen LogP contribution in [-0.4, -0.2) is 27.3 Å². The van der Waals surface area contributed by atoms with Crippen LogP contribution in [0.1, 0.15) is 12.6 Å². The molecule has 7 heteroatoms. The fourth-order valence-corrected chi connectivity index (χ4v) is 2.17. The molecule has 0 saturated heterocycles. The van der Waals surface area contributed by atoms with Gasteiger partial charge >= 0.3 is 0 Å². The van der Waals surface area contributed by atoms with E-state index in [1.165, 1.54) is 7.11 Å². The SMILES string of the molecule is CCc1nc(-c2ccc(OC)nn2)nc(Cl)c1I. The summed E-state index contributed by atoms with van der Waals surface area (Å²) in [4.78, 5) is 8.64. The van der Waals surface area contributed by atoms with Gasteiger partial charge in [0.15, 0.2) is 5.82 Å². The third-order valence-corrected chi connectivity index (χ3v) is 4.02. The first-order chi connectivity index (χ1) is 8.65. The van der Waals surface area contributed by atoms with Crippen LogP contribution >= 0.6 is 34.2 Å². The van der Waals surface area contributed by atoms with E-state index >= 15 is 0 Å². The molecule has 0 bridgehead atoms. The lowest BCUT2D eigenvalue weighted by Crippen LogP contribution is -2.01. The number of hydrogen-bond donors (Lipinski definition) is 0. The summed E-state index contributed by atoms with van der Waals surface area (Å²) < 4.78 is 5.83. The van der Waals surface area contributed by atoms with Crippen molar-refractivity contribution in [2.75, 3.05) is 7.11 Å². The molecule has 0 aliphatic heterocycles. The topological polar surface area (TPSA) is 60.8 Å². The van der Waals surface area contributed by atoms with Gasteiger partial charge in [0, 0.05) is 6.07 Å². The van der Waals surface area contributed by atoms with Gasteiger partial charge in [-0.2, -0.15) is 0 Å². The normalized spacial score (nSPS) is 10.4. The molecule has 2 aromatic rings. The molecule has 0 radical (unpaired) electrons. The van der Waals surface area contributed by atoms with E-state index in [4.69, 9.17) is 16.3 Å². The number of aromatic nitrogens is 4. The molecule has 0 amide bonds. The van der Waals surface area contributed by atoms with Gasteiger partial charge in [-0.05, 0) is 35.1 Å². The number of rotatable bonds is 3. The standard InChI is InChI=1S/C11H10ClIN4O/c1-3-6-9(13)10(12)15-11(14-6)7-4-5-8(18-2)17-16-7/h4-5H,3H2,1-2H3. The summed E-state index contributed by atoms with van der Waals surface area (Å²) in [6.07, 6.45) is 0.789. The van der Waals surface area contributed by atoms with Crippen LogP contribution in [0.3, 0.4) is 0 Å². The van der Waals surface area contributed by atoms with Crippen molar-refractivity contribution in [1.29, 1.82) is 0 Å². The highest BCUT2D eigenvalue weighted by Gasteiger charge is 2.12. The van der Waals surface area contributed by atoms with E-state index in [-0.39, 0.29) is 0 Å². The van der Waals surface area contributed by atoms with Crippen LogP contribution in [-0.2, 0) is 6.42 Å². The molecule has 0 atom stereocenters. The van der Waals surface area contributed by atoms with E-state index in [0.29, 0.717) is 22.6 Å². The monoisotopic (exact) mass is 376 g/mol. The zero-order valence-electron chi connectivity index (χ0n) is 9.81. The summed E-state index contributed by atoms with van der Waals surface area (Å²) in [5.74, 6) is 0.929. The van der Waals surface area contributed by atoms with Crippen molar-refractivity contribution in [2.24, 2.45) is 0 Å². The number of ether oxygens (including phenoxy) is 1. The van der Waals surface area contributed by atoms with E-state index in [1.54, 1.807) is 12.1 Å². The van der Waals surface area contributed by atoms with Gasteiger partial charge in [0.25, 0.3) is 0 Å². The van der Waals surface area contributed by atoms with Crippen molar-refractivity contribution in [3.05, 3.63) is 26.5 Å². The molecule has 5 nitrogen and oxygen atoms in total. The van der Waals surface area contributed by atoms with Crippen LogP contribution in [0.25, 0.3) is 11.5 Å². The van der Waals surface area contributed by atoms with Crippen molar-refractivity contribution in [3.8, 4) is 17.4 Å². The highest BCUT2D eigenvalue weighted by molar-refractivity contribution is 14.1. The zero-order valence-corrected chi connectivity index (χ0v) is 12.7. The zero-order chi connectivity index (χ0) is 13.1. The molecule has 0 spiro atoms. The number of halogens is 2. The fraction of sp³-hybridized carbons (Fsp3) is 0.273. The van der Waals surface area contributed by atoms with E-state index in [2.05, 4.69) is 42.8 Å². The number of aryl methyl sites for hydroxylation is 1. The van der Waals surface area contributed by atoms with Crippen LogP contribution in [0.4, 0.5) is 0 Å². The molecule has 0 fully saturated rings. The second-order valence-corrected chi connectivity index (χ2v) is 4.85. The molecule has 0 saturated carbocycles. The lowest BCUT2D eigenvalue weighted by Gasteiger charge is -2.06. The first kappa shape index (κ1) is 13.4. The Kier molecular flexibility index (Phi) is 4.28. The Morgan fingerprint density at radius 1 is 1.28 bits per heavy atom. The molecular weight excluding hydrogens is 367 g/mol. The maximum Gasteiger partial charge on any atom is 0.233 e. The largest absolute Gasteiger partial charge is 0.480 e. The Morgan fingerprint density at radius 3 is 2.61 bits per heavy atom. The van der Waals surface area contributed by atoms with Crippen LogP contribution in [0.5, 0.6) is 5.88 Å². The second-order valence-electron chi connectivity index (χ2n) is 3.41. The molecule has 0 aliphatic rings. The van der Waals surface area contributed by atoms with Crippen LogP contribution in [0.2, 0.25) is 5.15 Å². The Bertz CT molecular complexity index is 562. The molecule has 2 heterocycles. The van der Waals surface area contributed by atoms with Gasteiger partial charge in [-0.15, -0.1) is 10.2 Å². The van der Waals surface area contributed by atoms with Crippen molar-refractivity contribution in [3.63, 3.8) is 0 Å². The molecular formula is C11H10ClIN4O. The highest BCUT2D eigenvalue weighted by Crippen LogP contribution is 2.23. The minimum Gasteiger partial charge on any atom is -0.480 e. The van der Waals surface area contributed by atoms with Gasteiger partial charge in [-0.1, -0.05) is 18.5 Å². The summed E-state index contributed by atoms with van der Waals surface area (Å²) in [6, 6.07) is 3.47. The lowest BCUT2D eigenvalue weighted by molar-refractivity contribution is 0.392. The molecule has 18 heavy (non-hydrogen) atoms. The van der Waals surface area contributed by atoms with Crippen molar-refractivity contribution < 1.29 is 4.74 Å². The van der Waals surface area contributed by atoms with E-state index < -0.39 is 0 Å². The predicted octanol–water partition coefficient (Wildman–Crippen LogP) is 2.76. The molecule has 2 rings (SSSR count). The third-order valence-electron chi connectivity index (χ3n) is 2.29. The molecule has 0 aliphatic carbocycles. The van der Waals surface area contributed by atoms with Gasteiger partial charge < -0.3 is 4.74 Å². The summed E-state index contributed by atoms with van der Waals surface area (Å²) in [7, 11) is 1.54. The maximum absolute atomic E-state index is 6.07. The quantitative estimate of drug-likeness (QED) is 0.609. The first-order valence-corrected chi connectivity index (χ1v) is 6.71. The summed E-state index contributed by atoms with van der Waals surface area (Å²) in [5, 5.41) is 8.33. The second kappa shape index (κ2) is 5.75. The molecule has 2 aromatic heterocycles. The molecule has 0 unspecified atom stereocenters. The first-order valence-electron chi connectivity index (χ1n) is 5.25. The van der Waals surface area contributed by atoms with E-state index in [9.17, 15) is 0 Å². The number of hydrogen-bond acceptors (Lipinski definition) is 5. The van der Waals surface area contributed by atoms with Gasteiger partial charge in [-0.25, -0.2) is 9.97 Å². The van der Waals surface area contributed by atoms with Crippen LogP contribution < -0.4 is 4.74 Å². The minimum absolute atomic E-state index is 0.440. The third kappa shape index (κ3) is 2.69. The molecule has 0 N–H and O–H groups in total. The molecule has 0 aromatic carbocycles. The van der Waals surface area contributed by atoms with Crippen LogP contribution in [0.15, 0.2) is 12.1 Å². The van der Waals surface area contributed by atoms with Gasteiger partial charge in [0.05, 0.1) is 16.4 Å². The Hall–Kier alpha value is -1.02. The number of nitrogens with zero attached hydrogens (tertiary/aromatic N) is 4. The average molecular weight is 377 g/mol. The molecule has 94 valence electrons. The Balaban J connectivity index is 2.46. The minimum atomic E-state index is 0.440. The maximum atomic E-state index is 6.07. The van der Waals surface area contributed by atoms with Crippen molar-refractivity contribution in [2.45, 2.75) is 13.3 Å². The van der Waals surface area contributed by atoms with Gasteiger partial charge in [0.2, 0.25) is 5.88 Å². The van der Waals surface area contributed by atoms with Crippen LogP contribution in [0, 0.1) is 3.57 Å². The highest BCUT2D eigenvalue weighted by atomic mass is 127. The Labute approximate surface area is 123 Å². The predicted molar refractivity (Wildman–Crippen MR) is 76.7 cm³/mol. The Morgan fingerprint density at radius 2 is 2.06 bits per heavy atom. The van der Waals surface area contributed by atoms with Crippen molar-refractivity contribution in [1.82, 2.24) is 20.2 Å². The lowest BCUT2D eigenvalue weighted by atomic mass is 10.3.